The van der Waals surface area contributed by atoms with Gasteiger partial charge in [0.25, 0.3) is 5.92 Å². The molecular weight excluding hydrogens is 298 g/mol. The molecule has 1 heterocycles. The number of piperazine rings is 1. The van der Waals surface area contributed by atoms with Crippen molar-refractivity contribution in [2.24, 2.45) is 0 Å². The Hall–Kier alpha value is -0.750. The topological polar surface area (TPSA) is 35.5 Å². The fourth-order valence-electron chi connectivity index (χ4n) is 2.92. The number of aliphatic hydroxyl groups excluding tert-OH is 1. The van der Waals surface area contributed by atoms with Gasteiger partial charge in [0.05, 0.1) is 0 Å². The minimum atomic E-state index is -3.14. The minimum Gasteiger partial charge on any atom is -0.390 e. The lowest BCUT2D eigenvalue weighted by Crippen LogP contribution is -2.51. The van der Waals surface area contributed by atoms with Crippen LogP contribution in [0.1, 0.15) is 22.7 Å². The number of aryl methyl sites for hydroxylation is 2. The molecule has 0 radical (unpaired) electrons. The number of hydrogen-bond acceptors (Lipinski definition) is 3. The van der Waals surface area contributed by atoms with E-state index in [0.717, 1.165) is 11.1 Å². The van der Waals surface area contributed by atoms with Gasteiger partial charge in [0.15, 0.2) is 0 Å². The summed E-state index contributed by atoms with van der Waals surface area (Å²) in [5, 5.41) is 12.3. The Balaban J connectivity index is 0.00000220. The van der Waals surface area contributed by atoms with E-state index in [1.165, 1.54) is 0 Å². The van der Waals surface area contributed by atoms with Gasteiger partial charge in [0.2, 0.25) is 0 Å². The summed E-state index contributed by atoms with van der Waals surface area (Å²) >= 11 is 0. The number of alkyl halides is 2. The molecule has 3 nitrogen and oxygen atoms in total. The van der Waals surface area contributed by atoms with E-state index in [0.29, 0.717) is 31.7 Å². The van der Waals surface area contributed by atoms with E-state index in [1.807, 2.05) is 19.9 Å². The monoisotopic (exact) mass is 320 g/mol. The Morgan fingerprint density at radius 3 is 2.19 bits per heavy atom. The van der Waals surface area contributed by atoms with Crippen LogP contribution in [0.5, 0.6) is 0 Å². The van der Waals surface area contributed by atoms with Gasteiger partial charge in [-0.15, -0.1) is 12.4 Å². The van der Waals surface area contributed by atoms with Crippen LogP contribution in [0.25, 0.3) is 0 Å². The van der Waals surface area contributed by atoms with Crippen molar-refractivity contribution in [3.05, 3.63) is 34.9 Å². The number of halogens is 3. The molecule has 6 heteroatoms. The number of aliphatic hydroxyl groups is 1. The van der Waals surface area contributed by atoms with Crippen molar-refractivity contribution in [2.75, 3.05) is 32.8 Å². The van der Waals surface area contributed by atoms with Gasteiger partial charge in [-0.05, 0) is 19.4 Å². The molecule has 0 saturated carbocycles. The Labute approximate surface area is 130 Å². The van der Waals surface area contributed by atoms with E-state index in [2.05, 4.69) is 5.32 Å². The molecule has 0 aromatic heterocycles. The van der Waals surface area contributed by atoms with Crippen molar-refractivity contribution < 1.29 is 13.9 Å². The van der Waals surface area contributed by atoms with Crippen LogP contribution >= 0.6 is 12.4 Å². The van der Waals surface area contributed by atoms with Gasteiger partial charge in [-0.2, -0.15) is 0 Å². The molecule has 120 valence electrons. The van der Waals surface area contributed by atoms with Crippen molar-refractivity contribution in [1.82, 2.24) is 10.2 Å². The van der Waals surface area contributed by atoms with Crippen LogP contribution in [-0.4, -0.2) is 48.7 Å². The van der Waals surface area contributed by atoms with E-state index < -0.39 is 18.6 Å². The lowest BCUT2D eigenvalue weighted by atomic mass is 9.95. The number of rotatable bonds is 4. The molecule has 0 spiro atoms. The molecule has 1 aromatic rings. The molecular formula is C15H23ClF2N2O. The third-order valence-corrected chi connectivity index (χ3v) is 3.69. The van der Waals surface area contributed by atoms with Gasteiger partial charge in [-0.3, -0.25) is 4.90 Å². The second kappa shape index (κ2) is 7.49. The standard InChI is InChI=1S/C15H22F2N2O.ClH/c1-11-7-12(2)9-13(8-11)14(15(16,17)10-20)19-5-3-18-4-6-19;/h7-9,14,18,20H,3-6,10H2,1-2H3;1H/t14-;/m0./s1. The van der Waals surface area contributed by atoms with Gasteiger partial charge in [0, 0.05) is 26.2 Å². The summed E-state index contributed by atoms with van der Waals surface area (Å²) in [5.74, 6) is -3.14. The van der Waals surface area contributed by atoms with Crippen LogP contribution in [0.3, 0.4) is 0 Å². The summed E-state index contributed by atoms with van der Waals surface area (Å²) < 4.78 is 28.5. The second-order valence-corrected chi connectivity index (χ2v) is 5.53. The van der Waals surface area contributed by atoms with Crippen LogP contribution in [-0.2, 0) is 0 Å². The Bertz CT molecular complexity index is 445. The first-order valence-corrected chi connectivity index (χ1v) is 6.95. The van der Waals surface area contributed by atoms with E-state index in [1.54, 1.807) is 17.0 Å². The van der Waals surface area contributed by atoms with Crippen LogP contribution in [0.15, 0.2) is 18.2 Å². The van der Waals surface area contributed by atoms with Crippen LogP contribution in [0, 0.1) is 13.8 Å². The molecule has 0 aliphatic carbocycles. The first kappa shape index (κ1) is 18.3. The zero-order valence-electron chi connectivity index (χ0n) is 12.4. The molecule has 1 fully saturated rings. The third kappa shape index (κ3) is 4.36. The highest BCUT2D eigenvalue weighted by molar-refractivity contribution is 5.85. The number of nitrogens with one attached hydrogen (secondary N) is 1. The number of benzene rings is 1. The lowest BCUT2D eigenvalue weighted by Gasteiger charge is -2.39. The summed E-state index contributed by atoms with van der Waals surface area (Å²) in [6.07, 6.45) is 0. The average molecular weight is 321 g/mol. The highest BCUT2D eigenvalue weighted by Gasteiger charge is 2.44. The third-order valence-electron chi connectivity index (χ3n) is 3.69. The Morgan fingerprint density at radius 1 is 1.19 bits per heavy atom. The average Bonchev–Trinajstić information content (AvgIpc) is 2.39. The SMILES string of the molecule is Cc1cc(C)cc([C@H](N2CCNCC2)C(F)(F)CO)c1.Cl. The summed E-state index contributed by atoms with van der Waals surface area (Å²) in [5.41, 5.74) is 2.52. The number of hydrogen-bond donors (Lipinski definition) is 2. The predicted octanol–water partition coefficient (Wildman–Crippen LogP) is 2.30. The van der Waals surface area contributed by atoms with Gasteiger partial charge in [0.1, 0.15) is 12.6 Å². The molecule has 0 amide bonds. The normalized spacial score (nSPS) is 18.1. The molecule has 0 bridgehead atoms. The molecule has 21 heavy (non-hydrogen) atoms. The summed E-state index contributed by atoms with van der Waals surface area (Å²) in [4.78, 5) is 1.76. The van der Waals surface area contributed by atoms with Gasteiger partial charge in [-0.25, -0.2) is 8.78 Å². The predicted molar refractivity (Wildman–Crippen MR) is 82.4 cm³/mol. The maximum atomic E-state index is 14.2. The van der Waals surface area contributed by atoms with Gasteiger partial charge < -0.3 is 10.4 Å². The first-order chi connectivity index (χ1) is 9.44. The second-order valence-electron chi connectivity index (χ2n) is 5.53. The van der Waals surface area contributed by atoms with Crippen molar-refractivity contribution in [3.63, 3.8) is 0 Å². The Morgan fingerprint density at radius 2 is 1.71 bits per heavy atom. The largest absolute Gasteiger partial charge is 0.390 e. The minimum absolute atomic E-state index is 0. The molecule has 2 N–H and O–H groups in total. The molecule has 1 aromatic carbocycles. The van der Waals surface area contributed by atoms with Crippen LogP contribution < -0.4 is 5.32 Å². The van der Waals surface area contributed by atoms with E-state index in [9.17, 15) is 8.78 Å². The molecule has 1 saturated heterocycles. The van der Waals surface area contributed by atoms with Crippen molar-refractivity contribution >= 4 is 12.4 Å². The lowest BCUT2D eigenvalue weighted by molar-refractivity contribution is -0.118. The summed E-state index contributed by atoms with van der Waals surface area (Å²) in [7, 11) is 0. The van der Waals surface area contributed by atoms with E-state index in [-0.39, 0.29) is 12.4 Å². The highest BCUT2D eigenvalue weighted by atomic mass is 35.5. The zero-order chi connectivity index (χ0) is 14.8. The fraction of sp³-hybridized carbons (Fsp3) is 0.600. The van der Waals surface area contributed by atoms with Gasteiger partial charge >= 0.3 is 0 Å². The van der Waals surface area contributed by atoms with Crippen molar-refractivity contribution in [2.45, 2.75) is 25.8 Å². The van der Waals surface area contributed by atoms with Gasteiger partial charge in [-0.1, -0.05) is 29.3 Å². The molecule has 1 aliphatic rings. The molecule has 0 unspecified atom stereocenters. The molecule has 2 rings (SSSR count). The van der Waals surface area contributed by atoms with E-state index in [4.69, 9.17) is 5.11 Å². The van der Waals surface area contributed by atoms with E-state index >= 15 is 0 Å². The molecule has 1 atom stereocenters. The summed E-state index contributed by atoms with van der Waals surface area (Å²) in [6, 6.07) is 4.50. The smallest absolute Gasteiger partial charge is 0.289 e. The first-order valence-electron chi connectivity index (χ1n) is 6.95. The maximum absolute atomic E-state index is 14.2. The van der Waals surface area contributed by atoms with Crippen LogP contribution in [0.4, 0.5) is 8.78 Å². The fourth-order valence-corrected chi connectivity index (χ4v) is 2.92. The van der Waals surface area contributed by atoms with Crippen LogP contribution in [0.2, 0.25) is 0 Å². The zero-order valence-corrected chi connectivity index (χ0v) is 13.2. The van der Waals surface area contributed by atoms with Crippen molar-refractivity contribution in [3.8, 4) is 0 Å². The Kier molecular flexibility index (Phi) is 6.53. The maximum Gasteiger partial charge on any atom is 0.289 e. The quantitative estimate of drug-likeness (QED) is 0.893. The molecule has 1 aliphatic heterocycles. The van der Waals surface area contributed by atoms with Crippen molar-refractivity contribution in [1.29, 1.82) is 0 Å². The number of nitrogens with zero attached hydrogens (tertiary/aromatic N) is 1. The summed E-state index contributed by atoms with van der Waals surface area (Å²) in [6.45, 7) is 5.20. The highest BCUT2D eigenvalue weighted by Crippen LogP contribution is 2.37.